The largest absolute Gasteiger partial charge is 0.497 e. The number of ketones is 1. The van der Waals surface area contributed by atoms with Crippen LogP contribution < -0.4 is 14.8 Å². The van der Waals surface area contributed by atoms with Crippen molar-refractivity contribution in [3.05, 3.63) is 83.9 Å². The van der Waals surface area contributed by atoms with Gasteiger partial charge < -0.3 is 34.5 Å². The number of alkyl carbamates (subject to hydrolysis) is 1. The van der Waals surface area contributed by atoms with Gasteiger partial charge in [0, 0.05) is 30.4 Å². The number of aliphatic hydroxyl groups is 2. The van der Waals surface area contributed by atoms with Crippen LogP contribution in [0, 0.1) is 34.5 Å². The van der Waals surface area contributed by atoms with Gasteiger partial charge in [-0.3, -0.25) is 4.79 Å². The number of nitrogens with one attached hydrogen (secondary N) is 1. The van der Waals surface area contributed by atoms with Crippen LogP contribution in [0.4, 0.5) is 4.79 Å². The van der Waals surface area contributed by atoms with Crippen LogP contribution in [0.5, 0.6) is 11.5 Å². The molecule has 9 heteroatoms. The Balaban J connectivity index is 0.911. The number of fused-ring (bicyclic) bond motifs is 5. The maximum absolute atomic E-state index is 13.3. The lowest BCUT2D eigenvalue weighted by Gasteiger charge is -2.60. The van der Waals surface area contributed by atoms with E-state index < -0.39 is 18.3 Å². The summed E-state index contributed by atoms with van der Waals surface area (Å²) in [5.74, 6) is 3.39. The molecule has 9 atom stereocenters. The molecule has 0 heterocycles. The van der Waals surface area contributed by atoms with E-state index in [2.05, 4.69) is 43.4 Å². The Labute approximate surface area is 338 Å². The van der Waals surface area contributed by atoms with E-state index >= 15 is 0 Å². The normalized spacial score (nSPS) is 29.6. The van der Waals surface area contributed by atoms with Gasteiger partial charge in [-0.2, -0.15) is 0 Å². The third-order valence-corrected chi connectivity index (χ3v) is 14.5. The number of hydrogen-bond donors (Lipinski definition) is 3. The fourth-order valence-electron chi connectivity index (χ4n) is 11.3. The Morgan fingerprint density at radius 1 is 0.860 bits per heavy atom. The highest BCUT2D eigenvalue weighted by Crippen LogP contribution is 2.66. The molecular weight excluding hydrogens is 719 g/mol. The Kier molecular flexibility index (Phi) is 12.5. The predicted octanol–water partition coefficient (Wildman–Crippen LogP) is 8.93. The van der Waals surface area contributed by atoms with E-state index in [0.29, 0.717) is 62.4 Å². The predicted molar refractivity (Wildman–Crippen MR) is 221 cm³/mol. The van der Waals surface area contributed by atoms with Crippen LogP contribution in [0.1, 0.15) is 84.1 Å². The molecule has 0 saturated heterocycles. The summed E-state index contributed by atoms with van der Waals surface area (Å²) in [6, 6.07) is 22.1. The molecule has 0 radical (unpaired) electrons. The van der Waals surface area contributed by atoms with Crippen molar-refractivity contribution in [1.82, 2.24) is 5.32 Å². The SMILES string of the molecule is COc1ccc(-c2ccc(COCCC(O)CCOC(=O)NC3C[C@@H](O)CC4=CCC5C(CC[C@@]6(C)C5CC[C@@H]6C(C)=O)[C@]43C)c(-c3ccc(OC)cc3)c2)cc1. The fourth-order valence-corrected chi connectivity index (χ4v) is 11.3. The minimum absolute atomic E-state index is 0.0424. The highest BCUT2D eigenvalue weighted by Gasteiger charge is 2.61. The zero-order valence-corrected chi connectivity index (χ0v) is 34.3. The molecule has 306 valence electrons. The number of ether oxygens (including phenoxy) is 4. The smallest absolute Gasteiger partial charge is 0.407 e. The topological polar surface area (TPSA) is 124 Å². The molecule has 4 aliphatic rings. The Hall–Kier alpha value is -4.18. The van der Waals surface area contributed by atoms with Crippen molar-refractivity contribution in [3.8, 4) is 33.8 Å². The number of rotatable bonds is 14. The maximum Gasteiger partial charge on any atom is 0.407 e. The summed E-state index contributed by atoms with van der Waals surface area (Å²) < 4.78 is 22.5. The third-order valence-electron chi connectivity index (χ3n) is 14.5. The fraction of sp³-hybridized carbons (Fsp3) is 0.542. The number of carbonyl (C=O) groups is 2. The number of hydrogen-bond acceptors (Lipinski definition) is 8. The van der Waals surface area contributed by atoms with Crippen LogP contribution in [-0.2, 0) is 20.9 Å². The average molecular weight is 780 g/mol. The summed E-state index contributed by atoms with van der Waals surface area (Å²) in [6.07, 6.45) is 7.51. The number of amides is 1. The lowest BCUT2D eigenvalue weighted by Crippen LogP contribution is -2.60. The molecule has 4 aliphatic carbocycles. The van der Waals surface area contributed by atoms with Crippen LogP contribution in [0.2, 0.25) is 0 Å². The molecule has 0 bridgehead atoms. The molecule has 1 amide bonds. The summed E-state index contributed by atoms with van der Waals surface area (Å²) in [7, 11) is 3.32. The average Bonchev–Trinajstić information content (AvgIpc) is 3.58. The third kappa shape index (κ3) is 8.39. The maximum atomic E-state index is 13.3. The number of benzene rings is 3. The zero-order valence-electron chi connectivity index (χ0n) is 34.3. The molecular formula is C48H61NO8. The molecule has 0 aliphatic heterocycles. The van der Waals surface area contributed by atoms with Crippen LogP contribution >= 0.6 is 0 Å². The Bertz CT molecular complexity index is 1910. The van der Waals surface area contributed by atoms with Gasteiger partial charge in [0.2, 0.25) is 0 Å². The van der Waals surface area contributed by atoms with Crippen molar-refractivity contribution in [2.45, 2.75) is 103 Å². The summed E-state index contributed by atoms with van der Waals surface area (Å²) in [5, 5.41) is 24.9. The van der Waals surface area contributed by atoms with Gasteiger partial charge in [-0.15, -0.1) is 0 Å². The highest BCUT2D eigenvalue weighted by molar-refractivity contribution is 5.79. The monoisotopic (exact) mass is 779 g/mol. The van der Waals surface area contributed by atoms with Gasteiger partial charge in [-0.25, -0.2) is 4.79 Å². The summed E-state index contributed by atoms with van der Waals surface area (Å²) >= 11 is 0. The van der Waals surface area contributed by atoms with E-state index in [-0.39, 0.29) is 29.4 Å². The lowest BCUT2D eigenvalue weighted by molar-refractivity contribution is -0.127. The minimum Gasteiger partial charge on any atom is -0.497 e. The van der Waals surface area contributed by atoms with Crippen molar-refractivity contribution in [3.63, 3.8) is 0 Å². The molecule has 3 fully saturated rings. The van der Waals surface area contributed by atoms with Gasteiger partial charge >= 0.3 is 6.09 Å². The van der Waals surface area contributed by atoms with Crippen LogP contribution in [-0.4, -0.2) is 67.8 Å². The van der Waals surface area contributed by atoms with Crippen molar-refractivity contribution >= 4 is 11.9 Å². The van der Waals surface area contributed by atoms with Crippen molar-refractivity contribution in [1.29, 1.82) is 0 Å². The van der Waals surface area contributed by atoms with Gasteiger partial charge in [0.15, 0.2) is 0 Å². The van der Waals surface area contributed by atoms with Gasteiger partial charge in [0.25, 0.3) is 0 Å². The summed E-state index contributed by atoms with van der Waals surface area (Å²) in [5.41, 5.74) is 6.30. The second kappa shape index (κ2) is 17.4. The van der Waals surface area contributed by atoms with Gasteiger partial charge in [0.05, 0.1) is 39.6 Å². The number of allylic oxidation sites excluding steroid dienone is 1. The van der Waals surface area contributed by atoms with Crippen molar-refractivity contribution in [2.24, 2.45) is 34.5 Å². The Morgan fingerprint density at radius 2 is 1.53 bits per heavy atom. The first-order chi connectivity index (χ1) is 27.4. The number of carbonyl (C=O) groups excluding carboxylic acids is 2. The standard InChI is InChI=1S/C48H61NO8/c1-30(50)42-18-19-43-40-17-12-35-27-37(52)28-45(48(35,3)44(40)20-23-47(42,43)2)49-46(53)57-25-22-36(51)21-24-56-29-34-7-6-33(31-8-13-38(54-4)14-9-31)26-41(34)32-10-15-39(55-5)16-11-32/h6-16,26,36-37,40,42-45,51-52H,17-25,27-29H2,1-5H3,(H,49,53)/t36?,37-,40?,42+,43?,44?,45?,47+,48-/m0/s1. The molecule has 5 unspecified atom stereocenters. The molecule has 3 saturated carbocycles. The molecule has 57 heavy (non-hydrogen) atoms. The van der Waals surface area contributed by atoms with Gasteiger partial charge in [-0.05, 0) is 140 Å². The van der Waals surface area contributed by atoms with E-state index in [1.54, 1.807) is 21.1 Å². The highest BCUT2D eigenvalue weighted by atomic mass is 16.5. The summed E-state index contributed by atoms with van der Waals surface area (Å²) in [6.45, 7) is 7.18. The van der Waals surface area contributed by atoms with E-state index in [4.69, 9.17) is 18.9 Å². The van der Waals surface area contributed by atoms with E-state index in [1.807, 2.05) is 48.5 Å². The van der Waals surface area contributed by atoms with Gasteiger partial charge in [-0.1, -0.05) is 61.9 Å². The molecule has 9 nitrogen and oxygen atoms in total. The summed E-state index contributed by atoms with van der Waals surface area (Å²) in [4.78, 5) is 25.9. The van der Waals surface area contributed by atoms with Crippen LogP contribution in [0.25, 0.3) is 22.3 Å². The van der Waals surface area contributed by atoms with E-state index in [0.717, 1.165) is 71.4 Å². The molecule has 3 aromatic carbocycles. The Morgan fingerprint density at radius 3 is 2.21 bits per heavy atom. The lowest BCUT2D eigenvalue weighted by atomic mass is 9.46. The number of Topliss-reactive ketones (excluding diaryl/α,β-unsaturated/α-hetero) is 1. The first-order valence-electron chi connectivity index (χ1n) is 20.9. The second-order valence-electron chi connectivity index (χ2n) is 17.4. The van der Waals surface area contributed by atoms with Crippen LogP contribution in [0.3, 0.4) is 0 Å². The number of methoxy groups -OCH3 is 2. The zero-order chi connectivity index (χ0) is 40.3. The molecule has 7 rings (SSSR count). The molecule has 0 spiro atoms. The quantitative estimate of drug-likeness (QED) is 0.110. The molecule has 0 aromatic heterocycles. The van der Waals surface area contributed by atoms with Crippen molar-refractivity contribution < 1.29 is 38.7 Å². The second-order valence-corrected chi connectivity index (χ2v) is 17.4. The van der Waals surface area contributed by atoms with Crippen molar-refractivity contribution in [2.75, 3.05) is 27.4 Å². The minimum atomic E-state index is -0.694. The van der Waals surface area contributed by atoms with Crippen LogP contribution in [0.15, 0.2) is 78.4 Å². The molecule has 3 aromatic rings. The number of aliphatic hydroxyl groups excluding tert-OH is 2. The first kappa shape index (κ1) is 41.0. The van der Waals surface area contributed by atoms with E-state index in [9.17, 15) is 19.8 Å². The van der Waals surface area contributed by atoms with E-state index in [1.165, 1.54) is 5.57 Å². The molecule has 3 N–H and O–H groups in total. The van der Waals surface area contributed by atoms with Gasteiger partial charge in [0.1, 0.15) is 17.3 Å². The first-order valence-corrected chi connectivity index (χ1v) is 20.9.